The number of aromatic nitrogens is 2. The van der Waals surface area contributed by atoms with E-state index in [2.05, 4.69) is 20.5 Å². The minimum atomic E-state index is -0.444. The standard InChI is InChI=1S/C18H16N4O4S/c1-11-8-16(23)21-18(20-11)22-19-10-12-5-6-13(14(9-12)25-2)26-17(24)15-4-3-7-27-15/h3-10H,1-2H3,(H2,20,21,22,23)/b19-10-. The number of esters is 1. The number of methoxy groups -OCH3 is 1. The van der Waals surface area contributed by atoms with Crippen LogP contribution in [0.2, 0.25) is 0 Å². The van der Waals surface area contributed by atoms with Crippen LogP contribution in [0.4, 0.5) is 5.95 Å². The van der Waals surface area contributed by atoms with Gasteiger partial charge in [-0.05, 0) is 42.1 Å². The molecule has 2 heterocycles. The first-order valence-corrected chi connectivity index (χ1v) is 8.74. The molecule has 1 aromatic carbocycles. The molecule has 0 fully saturated rings. The van der Waals surface area contributed by atoms with Gasteiger partial charge in [0, 0.05) is 11.8 Å². The van der Waals surface area contributed by atoms with E-state index in [0.717, 1.165) is 0 Å². The van der Waals surface area contributed by atoms with E-state index < -0.39 is 5.97 Å². The number of ether oxygens (including phenoxy) is 2. The molecule has 2 aromatic heterocycles. The van der Waals surface area contributed by atoms with Crippen molar-refractivity contribution in [3.8, 4) is 11.5 Å². The fraction of sp³-hybridized carbons (Fsp3) is 0.111. The van der Waals surface area contributed by atoms with Crippen molar-refractivity contribution in [1.29, 1.82) is 0 Å². The van der Waals surface area contributed by atoms with Crippen LogP contribution in [-0.4, -0.2) is 29.3 Å². The molecule has 3 rings (SSSR count). The summed E-state index contributed by atoms with van der Waals surface area (Å²) in [4.78, 5) is 30.6. The van der Waals surface area contributed by atoms with E-state index in [1.54, 1.807) is 42.6 Å². The van der Waals surface area contributed by atoms with Crippen molar-refractivity contribution in [2.45, 2.75) is 6.92 Å². The Morgan fingerprint density at radius 3 is 2.85 bits per heavy atom. The summed E-state index contributed by atoms with van der Waals surface area (Å²) in [7, 11) is 1.48. The fourth-order valence-electron chi connectivity index (χ4n) is 2.19. The van der Waals surface area contributed by atoms with Crippen LogP contribution in [0.3, 0.4) is 0 Å². The molecule has 0 bridgehead atoms. The van der Waals surface area contributed by atoms with Crippen LogP contribution < -0.4 is 20.5 Å². The van der Waals surface area contributed by atoms with E-state index in [1.165, 1.54) is 30.7 Å². The number of anilines is 1. The summed E-state index contributed by atoms with van der Waals surface area (Å²) in [5.41, 5.74) is 3.67. The molecule has 0 spiro atoms. The number of hydrogen-bond acceptors (Lipinski definition) is 8. The van der Waals surface area contributed by atoms with E-state index in [1.807, 2.05) is 0 Å². The highest BCUT2D eigenvalue weighted by atomic mass is 32.1. The quantitative estimate of drug-likeness (QED) is 0.293. The zero-order valence-corrected chi connectivity index (χ0v) is 15.4. The predicted octanol–water partition coefficient (Wildman–Crippen LogP) is 2.81. The Bertz CT molecular complexity index is 1030. The molecule has 0 saturated carbocycles. The van der Waals surface area contributed by atoms with Crippen molar-refractivity contribution >= 4 is 29.5 Å². The van der Waals surface area contributed by atoms with Gasteiger partial charge in [-0.25, -0.2) is 15.2 Å². The van der Waals surface area contributed by atoms with Gasteiger partial charge in [-0.2, -0.15) is 5.10 Å². The van der Waals surface area contributed by atoms with Gasteiger partial charge in [0.05, 0.1) is 13.3 Å². The van der Waals surface area contributed by atoms with E-state index in [-0.39, 0.29) is 11.5 Å². The highest BCUT2D eigenvalue weighted by Gasteiger charge is 2.13. The van der Waals surface area contributed by atoms with Crippen molar-refractivity contribution < 1.29 is 14.3 Å². The van der Waals surface area contributed by atoms with Gasteiger partial charge in [0.2, 0.25) is 5.95 Å². The molecular formula is C18H16N4O4S. The summed E-state index contributed by atoms with van der Waals surface area (Å²) in [5.74, 6) is 0.502. The number of hydrazone groups is 1. The predicted molar refractivity (Wildman–Crippen MR) is 103 cm³/mol. The molecular weight excluding hydrogens is 368 g/mol. The lowest BCUT2D eigenvalue weighted by Gasteiger charge is -2.09. The Balaban J connectivity index is 1.71. The van der Waals surface area contributed by atoms with E-state index in [0.29, 0.717) is 27.6 Å². The molecule has 0 aliphatic rings. The van der Waals surface area contributed by atoms with Crippen molar-refractivity contribution in [2.24, 2.45) is 5.10 Å². The number of aryl methyl sites for hydroxylation is 1. The molecule has 3 aromatic rings. The van der Waals surface area contributed by atoms with Crippen LogP contribution in [0.25, 0.3) is 0 Å². The molecule has 0 radical (unpaired) electrons. The molecule has 27 heavy (non-hydrogen) atoms. The molecule has 8 nitrogen and oxygen atoms in total. The first-order valence-electron chi connectivity index (χ1n) is 7.86. The monoisotopic (exact) mass is 384 g/mol. The van der Waals surface area contributed by atoms with Crippen LogP contribution in [0.1, 0.15) is 20.9 Å². The Morgan fingerprint density at radius 2 is 2.15 bits per heavy atom. The third-order valence-electron chi connectivity index (χ3n) is 3.37. The number of hydrogen-bond donors (Lipinski definition) is 2. The maximum Gasteiger partial charge on any atom is 0.353 e. The molecule has 0 atom stereocenters. The van der Waals surface area contributed by atoms with E-state index >= 15 is 0 Å². The normalized spacial score (nSPS) is 10.7. The van der Waals surface area contributed by atoms with Crippen LogP contribution in [0.5, 0.6) is 11.5 Å². The van der Waals surface area contributed by atoms with Gasteiger partial charge < -0.3 is 9.47 Å². The zero-order valence-electron chi connectivity index (χ0n) is 14.6. The number of aromatic amines is 1. The number of nitrogens with one attached hydrogen (secondary N) is 2. The van der Waals surface area contributed by atoms with Crippen molar-refractivity contribution in [1.82, 2.24) is 9.97 Å². The first-order chi connectivity index (χ1) is 13.0. The minimum absolute atomic E-state index is 0.240. The van der Waals surface area contributed by atoms with Crippen LogP contribution in [0.15, 0.2) is 51.7 Å². The molecule has 0 saturated heterocycles. The van der Waals surface area contributed by atoms with Gasteiger partial charge in [-0.15, -0.1) is 11.3 Å². The smallest absolute Gasteiger partial charge is 0.353 e. The molecule has 0 amide bonds. The lowest BCUT2D eigenvalue weighted by Crippen LogP contribution is -2.10. The van der Waals surface area contributed by atoms with Crippen molar-refractivity contribution in [2.75, 3.05) is 12.5 Å². The molecule has 9 heteroatoms. The topological polar surface area (TPSA) is 106 Å². The number of thiophene rings is 1. The first kappa shape index (κ1) is 18.3. The number of nitrogens with zero attached hydrogens (tertiary/aromatic N) is 2. The van der Waals surface area contributed by atoms with Crippen LogP contribution in [0, 0.1) is 6.92 Å². The van der Waals surface area contributed by atoms with E-state index in [9.17, 15) is 9.59 Å². The summed E-state index contributed by atoms with van der Waals surface area (Å²) >= 11 is 1.30. The fourth-order valence-corrected chi connectivity index (χ4v) is 2.79. The molecule has 0 unspecified atom stereocenters. The number of carbonyl (C=O) groups excluding carboxylic acids is 1. The summed E-state index contributed by atoms with van der Waals surface area (Å²) < 4.78 is 10.7. The number of carbonyl (C=O) groups is 1. The molecule has 0 aliphatic carbocycles. The van der Waals surface area contributed by atoms with Crippen molar-refractivity contribution in [3.63, 3.8) is 0 Å². The Hall–Kier alpha value is -3.46. The van der Waals surface area contributed by atoms with Crippen molar-refractivity contribution in [3.05, 3.63) is 68.3 Å². The number of rotatable bonds is 6. The lowest BCUT2D eigenvalue weighted by atomic mass is 10.2. The lowest BCUT2D eigenvalue weighted by molar-refractivity contribution is 0.0735. The second-order valence-corrected chi connectivity index (χ2v) is 6.33. The number of H-pyrrole nitrogens is 1. The Morgan fingerprint density at radius 1 is 1.30 bits per heavy atom. The van der Waals surface area contributed by atoms with Gasteiger partial charge in [-0.1, -0.05) is 6.07 Å². The SMILES string of the molecule is COc1cc(/C=N\Nc2nc(C)cc(=O)[nH]2)ccc1OC(=O)c1cccs1. The summed E-state index contributed by atoms with van der Waals surface area (Å²) in [6, 6.07) is 9.87. The second kappa shape index (κ2) is 8.28. The van der Waals surface area contributed by atoms with Crippen LogP contribution >= 0.6 is 11.3 Å². The highest BCUT2D eigenvalue weighted by Crippen LogP contribution is 2.28. The molecule has 0 aliphatic heterocycles. The minimum Gasteiger partial charge on any atom is -0.493 e. The maximum atomic E-state index is 12.1. The summed E-state index contributed by atoms with van der Waals surface area (Å²) in [5, 5.41) is 5.83. The Kier molecular flexibility index (Phi) is 5.62. The maximum absolute atomic E-state index is 12.1. The highest BCUT2D eigenvalue weighted by molar-refractivity contribution is 7.12. The van der Waals surface area contributed by atoms with Gasteiger partial charge >= 0.3 is 5.97 Å². The van der Waals surface area contributed by atoms with E-state index in [4.69, 9.17) is 9.47 Å². The van der Waals surface area contributed by atoms with Crippen LogP contribution in [-0.2, 0) is 0 Å². The molecule has 138 valence electrons. The zero-order chi connectivity index (χ0) is 19.2. The third-order valence-corrected chi connectivity index (χ3v) is 4.22. The number of benzene rings is 1. The summed E-state index contributed by atoms with van der Waals surface area (Å²) in [6.07, 6.45) is 1.52. The average Bonchev–Trinajstić information content (AvgIpc) is 3.17. The second-order valence-electron chi connectivity index (χ2n) is 5.38. The Labute approximate surface area is 158 Å². The van der Waals surface area contributed by atoms with Gasteiger partial charge in [0.1, 0.15) is 4.88 Å². The summed E-state index contributed by atoms with van der Waals surface area (Å²) in [6.45, 7) is 1.71. The third kappa shape index (κ3) is 4.79. The average molecular weight is 384 g/mol. The van der Waals surface area contributed by atoms with Gasteiger partial charge in [0.25, 0.3) is 5.56 Å². The molecule has 2 N–H and O–H groups in total. The van der Waals surface area contributed by atoms with Gasteiger partial charge in [0.15, 0.2) is 11.5 Å². The van der Waals surface area contributed by atoms with Gasteiger partial charge in [-0.3, -0.25) is 9.78 Å². The largest absolute Gasteiger partial charge is 0.493 e.